The molecule has 2 amide bonds. The number of para-hydroxylation sites is 1. The number of hydrogen-bond donors (Lipinski definition) is 0. The first-order chi connectivity index (χ1) is 14.0. The third-order valence-electron chi connectivity index (χ3n) is 5.10. The van der Waals surface area contributed by atoms with Crippen molar-refractivity contribution in [1.29, 1.82) is 0 Å². The quantitative estimate of drug-likeness (QED) is 0.667. The van der Waals surface area contributed by atoms with Gasteiger partial charge in [-0.3, -0.25) is 9.59 Å². The van der Waals surface area contributed by atoms with Gasteiger partial charge in [-0.25, -0.2) is 0 Å². The van der Waals surface area contributed by atoms with Crippen LogP contribution in [-0.2, 0) is 9.53 Å². The molecule has 2 heterocycles. The van der Waals surface area contributed by atoms with Gasteiger partial charge in [-0.05, 0) is 38.1 Å². The Balaban J connectivity index is 1.77. The molecule has 7 heteroatoms. The second-order valence-electron chi connectivity index (χ2n) is 7.12. The van der Waals surface area contributed by atoms with E-state index in [4.69, 9.17) is 4.74 Å². The summed E-state index contributed by atoms with van der Waals surface area (Å²) >= 11 is 1.42. The van der Waals surface area contributed by atoms with E-state index in [1.54, 1.807) is 12.1 Å². The summed E-state index contributed by atoms with van der Waals surface area (Å²) in [4.78, 5) is 32.6. The first-order valence-electron chi connectivity index (χ1n) is 9.67. The van der Waals surface area contributed by atoms with Crippen molar-refractivity contribution in [1.82, 2.24) is 9.47 Å². The number of hydrogen-bond acceptors (Lipinski definition) is 4. The van der Waals surface area contributed by atoms with Crippen molar-refractivity contribution in [2.75, 3.05) is 26.3 Å². The summed E-state index contributed by atoms with van der Waals surface area (Å²) in [6, 6.07) is 14.7. The Kier molecular flexibility index (Phi) is 5.60. The molecule has 150 valence electrons. The molecule has 0 radical (unpaired) electrons. The van der Waals surface area contributed by atoms with Crippen molar-refractivity contribution in [2.45, 2.75) is 19.9 Å². The lowest BCUT2D eigenvalue weighted by atomic mass is 10.1. The zero-order valence-electron chi connectivity index (χ0n) is 16.5. The average molecular weight is 410 g/mol. The maximum absolute atomic E-state index is 13.1. The molecule has 3 aromatic rings. The van der Waals surface area contributed by atoms with Crippen molar-refractivity contribution in [3.8, 4) is 0 Å². The van der Waals surface area contributed by atoms with Gasteiger partial charge in [-0.1, -0.05) is 41.2 Å². The molecule has 1 aromatic heterocycles. The van der Waals surface area contributed by atoms with E-state index in [1.165, 1.54) is 11.3 Å². The minimum Gasteiger partial charge on any atom is -0.378 e. The molecule has 0 unspecified atom stereocenters. The third-order valence-corrected chi connectivity index (χ3v) is 6.13. The van der Waals surface area contributed by atoms with Crippen LogP contribution >= 0.6 is 11.3 Å². The van der Waals surface area contributed by atoms with Crippen LogP contribution in [0.3, 0.4) is 0 Å². The molecule has 6 nitrogen and oxygen atoms in total. The van der Waals surface area contributed by atoms with E-state index in [0.717, 1.165) is 15.8 Å². The topological polar surface area (TPSA) is 63.9 Å². The number of amides is 2. The molecule has 0 bridgehead atoms. The van der Waals surface area contributed by atoms with Crippen LogP contribution in [0.5, 0.6) is 0 Å². The van der Waals surface area contributed by atoms with Gasteiger partial charge in [-0.15, -0.1) is 0 Å². The van der Waals surface area contributed by atoms with E-state index in [0.29, 0.717) is 36.7 Å². The highest BCUT2D eigenvalue weighted by molar-refractivity contribution is 7.16. The summed E-state index contributed by atoms with van der Waals surface area (Å²) < 4.78 is 8.23. The van der Waals surface area contributed by atoms with Gasteiger partial charge in [0, 0.05) is 18.7 Å². The first-order valence-corrected chi connectivity index (χ1v) is 10.5. The maximum Gasteiger partial charge on any atom is 0.279 e. The predicted molar refractivity (Wildman–Crippen MR) is 113 cm³/mol. The zero-order valence-corrected chi connectivity index (χ0v) is 17.3. The molecule has 0 aliphatic carbocycles. The average Bonchev–Trinajstić information content (AvgIpc) is 3.11. The highest BCUT2D eigenvalue weighted by Gasteiger charge is 2.26. The van der Waals surface area contributed by atoms with E-state index in [2.05, 4.69) is 4.99 Å². The largest absolute Gasteiger partial charge is 0.378 e. The minimum absolute atomic E-state index is 0.0149. The number of ether oxygens (including phenoxy) is 1. The molecule has 1 saturated heterocycles. The first kappa shape index (κ1) is 19.5. The molecular weight excluding hydrogens is 386 g/mol. The fraction of sp³-hybridized carbons (Fsp3) is 0.318. The van der Waals surface area contributed by atoms with E-state index in [-0.39, 0.29) is 11.8 Å². The zero-order chi connectivity index (χ0) is 20.4. The smallest absolute Gasteiger partial charge is 0.279 e. The van der Waals surface area contributed by atoms with Crippen LogP contribution in [0.25, 0.3) is 10.2 Å². The summed E-state index contributed by atoms with van der Waals surface area (Å²) in [6.07, 6.45) is 0. The highest BCUT2D eigenvalue weighted by Crippen LogP contribution is 2.22. The molecule has 29 heavy (non-hydrogen) atoms. The number of thiazole rings is 1. The van der Waals surface area contributed by atoms with Crippen LogP contribution in [0, 0.1) is 6.92 Å². The van der Waals surface area contributed by atoms with E-state index in [1.807, 2.05) is 59.7 Å². The van der Waals surface area contributed by atoms with Gasteiger partial charge in [-0.2, -0.15) is 4.99 Å². The number of rotatable bonds is 3. The number of carbonyl (C=O) groups excluding carboxylic acids is 2. The Bertz CT molecular complexity index is 1110. The van der Waals surface area contributed by atoms with E-state index < -0.39 is 6.04 Å². The number of morpholine rings is 1. The van der Waals surface area contributed by atoms with Crippen LogP contribution in [0.2, 0.25) is 0 Å². The van der Waals surface area contributed by atoms with Gasteiger partial charge >= 0.3 is 0 Å². The van der Waals surface area contributed by atoms with Crippen LogP contribution in [-0.4, -0.2) is 47.6 Å². The second-order valence-corrected chi connectivity index (χ2v) is 8.13. The number of carbonyl (C=O) groups is 2. The lowest BCUT2D eigenvalue weighted by Crippen LogP contribution is -2.44. The van der Waals surface area contributed by atoms with Gasteiger partial charge in [0.25, 0.3) is 5.91 Å². The number of aryl methyl sites for hydroxylation is 1. The van der Waals surface area contributed by atoms with Crippen LogP contribution in [0.4, 0.5) is 0 Å². The van der Waals surface area contributed by atoms with E-state index in [9.17, 15) is 9.59 Å². The number of aromatic nitrogens is 1. The third kappa shape index (κ3) is 4.02. The Morgan fingerprint density at radius 1 is 1.07 bits per heavy atom. The van der Waals surface area contributed by atoms with Gasteiger partial charge in [0.05, 0.1) is 23.4 Å². The SMILES string of the molecule is Cc1ccc(C(=O)N=c2sc3ccccc3n2[C@@H](C)C(=O)N2CCOCC2)cc1. The molecule has 1 fully saturated rings. The van der Waals surface area contributed by atoms with Crippen molar-refractivity contribution in [3.05, 3.63) is 64.5 Å². The lowest BCUT2D eigenvalue weighted by molar-refractivity contribution is -0.138. The lowest BCUT2D eigenvalue weighted by Gasteiger charge is -2.29. The number of benzene rings is 2. The summed E-state index contributed by atoms with van der Waals surface area (Å²) in [6.45, 7) is 6.12. The monoisotopic (exact) mass is 409 g/mol. The molecule has 0 saturated carbocycles. The van der Waals surface area contributed by atoms with Crippen LogP contribution < -0.4 is 4.80 Å². The van der Waals surface area contributed by atoms with Gasteiger partial charge < -0.3 is 14.2 Å². The summed E-state index contributed by atoms with van der Waals surface area (Å²) in [5, 5.41) is 0. The number of nitrogens with zero attached hydrogens (tertiary/aromatic N) is 3. The van der Waals surface area contributed by atoms with Crippen molar-refractivity contribution in [3.63, 3.8) is 0 Å². The summed E-state index contributed by atoms with van der Waals surface area (Å²) in [7, 11) is 0. The summed E-state index contributed by atoms with van der Waals surface area (Å²) in [5.41, 5.74) is 2.53. The van der Waals surface area contributed by atoms with Gasteiger partial charge in [0.2, 0.25) is 5.91 Å². The molecule has 1 atom stereocenters. The standard InChI is InChI=1S/C22H23N3O3S/c1-15-7-9-17(10-8-15)20(26)23-22-25(18-5-3-4-6-19(18)29-22)16(2)21(27)24-11-13-28-14-12-24/h3-10,16H,11-14H2,1-2H3/t16-/m0/s1. The molecule has 1 aliphatic heterocycles. The Morgan fingerprint density at radius 2 is 1.76 bits per heavy atom. The predicted octanol–water partition coefficient (Wildman–Crippen LogP) is 3.17. The Morgan fingerprint density at radius 3 is 2.48 bits per heavy atom. The fourth-order valence-corrected chi connectivity index (χ4v) is 4.55. The van der Waals surface area contributed by atoms with Crippen LogP contribution in [0.1, 0.15) is 28.9 Å². The molecule has 2 aromatic carbocycles. The van der Waals surface area contributed by atoms with Crippen LogP contribution in [0.15, 0.2) is 53.5 Å². The summed E-state index contributed by atoms with van der Waals surface area (Å²) in [5.74, 6) is -0.294. The number of fused-ring (bicyclic) bond motifs is 1. The highest BCUT2D eigenvalue weighted by atomic mass is 32.1. The molecule has 1 aliphatic rings. The molecule has 0 spiro atoms. The van der Waals surface area contributed by atoms with Gasteiger partial charge in [0.1, 0.15) is 6.04 Å². The molecular formula is C22H23N3O3S. The molecule has 4 rings (SSSR count). The normalized spacial score (nSPS) is 16.2. The second kappa shape index (κ2) is 8.31. The fourth-order valence-electron chi connectivity index (χ4n) is 3.45. The van der Waals surface area contributed by atoms with Crippen molar-refractivity contribution in [2.24, 2.45) is 4.99 Å². The Hall–Kier alpha value is -2.77. The maximum atomic E-state index is 13.1. The van der Waals surface area contributed by atoms with Crippen molar-refractivity contribution >= 4 is 33.4 Å². The van der Waals surface area contributed by atoms with Gasteiger partial charge in [0.15, 0.2) is 4.80 Å². The Labute approximate surface area is 173 Å². The van der Waals surface area contributed by atoms with E-state index >= 15 is 0 Å². The van der Waals surface area contributed by atoms with Crippen molar-refractivity contribution < 1.29 is 14.3 Å². The molecule has 0 N–H and O–H groups in total. The minimum atomic E-state index is -0.464.